The third kappa shape index (κ3) is 4.54. The Balaban J connectivity index is 1.36. The molecule has 0 amide bonds. The molecule has 1 N–H and O–H groups in total. The van der Waals surface area contributed by atoms with E-state index in [2.05, 4.69) is 21.8 Å². The lowest BCUT2D eigenvalue weighted by molar-refractivity contribution is 0.458. The third-order valence-corrected chi connectivity index (χ3v) is 8.15. The molecule has 0 bridgehead atoms. The summed E-state index contributed by atoms with van der Waals surface area (Å²) in [5.74, 6) is 1.84. The Labute approximate surface area is 169 Å². The monoisotopic (exact) mass is 416 g/mol. The van der Waals surface area contributed by atoms with Gasteiger partial charge in [-0.1, -0.05) is 43.2 Å². The lowest BCUT2D eigenvalue weighted by atomic mass is 10.1. The number of hydrogen-bond donors (Lipinski definition) is 1. The van der Waals surface area contributed by atoms with Crippen LogP contribution in [0.5, 0.6) is 0 Å². The number of rotatable bonds is 8. The van der Waals surface area contributed by atoms with E-state index in [-0.39, 0.29) is 0 Å². The van der Waals surface area contributed by atoms with E-state index < -0.39 is 10.0 Å². The summed E-state index contributed by atoms with van der Waals surface area (Å²) in [7, 11) is -3.50. The van der Waals surface area contributed by atoms with Crippen molar-refractivity contribution in [2.75, 3.05) is 6.54 Å². The number of nitrogens with one attached hydrogen (secondary N) is 1. The van der Waals surface area contributed by atoms with Crippen molar-refractivity contribution in [1.82, 2.24) is 9.71 Å². The van der Waals surface area contributed by atoms with Crippen LogP contribution in [0.2, 0.25) is 0 Å². The van der Waals surface area contributed by atoms with Gasteiger partial charge >= 0.3 is 0 Å². The van der Waals surface area contributed by atoms with Gasteiger partial charge < -0.3 is 4.42 Å². The highest BCUT2D eigenvalue weighted by molar-refractivity contribution is 7.91. The first-order valence-electron chi connectivity index (χ1n) is 9.71. The molecule has 28 heavy (non-hydrogen) atoms. The van der Waals surface area contributed by atoms with Crippen LogP contribution >= 0.6 is 11.3 Å². The number of nitrogens with zero attached hydrogens (tertiary/aromatic N) is 1. The molecule has 5 nitrogen and oxygen atoms in total. The zero-order valence-electron chi connectivity index (χ0n) is 15.6. The van der Waals surface area contributed by atoms with Crippen LogP contribution < -0.4 is 4.72 Å². The predicted molar refractivity (Wildman–Crippen MR) is 111 cm³/mol. The van der Waals surface area contributed by atoms with Crippen LogP contribution in [0.4, 0.5) is 0 Å². The molecule has 0 atom stereocenters. The molecule has 1 aliphatic rings. The van der Waals surface area contributed by atoms with Crippen molar-refractivity contribution in [2.24, 2.45) is 0 Å². The Kier molecular flexibility index (Phi) is 5.94. The first kappa shape index (κ1) is 19.4. The molecule has 0 radical (unpaired) electrons. The van der Waals surface area contributed by atoms with E-state index in [0.717, 1.165) is 36.5 Å². The van der Waals surface area contributed by atoms with E-state index in [1.54, 1.807) is 18.3 Å². The molecule has 1 saturated carbocycles. The molecule has 1 aliphatic carbocycles. The molecule has 7 heteroatoms. The summed E-state index contributed by atoms with van der Waals surface area (Å²) in [5, 5.41) is 0. The van der Waals surface area contributed by atoms with Gasteiger partial charge in [-0.15, -0.1) is 11.3 Å². The minimum atomic E-state index is -3.50. The van der Waals surface area contributed by atoms with Crippen molar-refractivity contribution in [3.63, 3.8) is 0 Å². The fourth-order valence-corrected chi connectivity index (χ4v) is 5.95. The molecule has 2 aromatic heterocycles. The highest BCUT2D eigenvalue weighted by Gasteiger charge is 2.23. The summed E-state index contributed by atoms with van der Waals surface area (Å²) in [5.41, 5.74) is 1.21. The number of aromatic nitrogens is 1. The Bertz CT molecular complexity index is 1000. The van der Waals surface area contributed by atoms with Gasteiger partial charge in [0.15, 0.2) is 11.7 Å². The van der Waals surface area contributed by atoms with Gasteiger partial charge in [0.2, 0.25) is 10.0 Å². The van der Waals surface area contributed by atoms with Crippen molar-refractivity contribution >= 4 is 21.4 Å². The Morgan fingerprint density at radius 3 is 2.68 bits per heavy atom. The average molecular weight is 417 g/mol. The van der Waals surface area contributed by atoms with Crippen LogP contribution in [0.3, 0.4) is 0 Å². The average Bonchev–Trinajstić information content (AvgIpc) is 3.46. The van der Waals surface area contributed by atoms with Crippen LogP contribution in [0.15, 0.2) is 57.3 Å². The summed E-state index contributed by atoms with van der Waals surface area (Å²) >= 11 is 1.22. The van der Waals surface area contributed by atoms with E-state index in [1.165, 1.54) is 29.7 Å². The van der Waals surface area contributed by atoms with Gasteiger partial charge in [0, 0.05) is 12.5 Å². The zero-order valence-corrected chi connectivity index (χ0v) is 17.3. The summed E-state index contributed by atoms with van der Waals surface area (Å²) in [4.78, 5) is 5.20. The molecule has 0 saturated heterocycles. The predicted octanol–water partition coefficient (Wildman–Crippen LogP) is 4.97. The van der Waals surface area contributed by atoms with Gasteiger partial charge in [-0.2, -0.15) is 0 Å². The largest absolute Gasteiger partial charge is 0.440 e. The van der Waals surface area contributed by atoms with Crippen LogP contribution in [0.25, 0.3) is 10.6 Å². The lowest BCUT2D eigenvalue weighted by Gasteiger charge is -2.05. The van der Waals surface area contributed by atoms with Gasteiger partial charge in [-0.05, 0) is 43.4 Å². The Hall–Kier alpha value is -1.96. The summed E-state index contributed by atoms with van der Waals surface area (Å²) < 4.78 is 34.0. The number of benzene rings is 1. The van der Waals surface area contributed by atoms with Crippen molar-refractivity contribution in [3.05, 3.63) is 60.1 Å². The fraction of sp³-hybridized carbons (Fsp3) is 0.381. The first-order chi connectivity index (χ1) is 13.6. The SMILES string of the molecule is O=S(=O)(NCCCc1ccccc1)c1ccc(-c2cnc(C3CCCC3)o2)s1. The summed E-state index contributed by atoms with van der Waals surface area (Å²) in [6.07, 6.45) is 8.01. The van der Waals surface area contributed by atoms with Crippen molar-refractivity contribution < 1.29 is 12.8 Å². The van der Waals surface area contributed by atoms with Gasteiger partial charge in [-0.25, -0.2) is 18.1 Å². The second-order valence-corrected chi connectivity index (χ2v) is 10.2. The van der Waals surface area contributed by atoms with E-state index in [4.69, 9.17) is 4.42 Å². The van der Waals surface area contributed by atoms with E-state index >= 15 is 0 Å². The minimum absolute atomic E-state index is 0.307. The smallest absolute Gasteiger partial charge is 0.250 e. The Morgan fingerprint density at radius 1 is 1.11 bits per heavy atom. The molecule has 0 unspecified atom stereocenters. The maximum absolute atomic E-state index is 12.6. The molecule has 1 aromatic carbocycles. The van der Waals surface area contributed by atoms with Crippen molar-refractivity contribution in [1.29, 1.82) is 0 Å². The van der Waals surface area contributed by atoms with Crippen LogP contribution in [0, 0.1) is 0 Å². The maximum atomic E-state index is 12.6. The van der Waals surface area contributed by atoms with E-state index in [0.29, 0.717) is 22.4 Å². The molecule has 0 spiro atoms. The second kappa shape index (κ2) is 8.59. The third-order valence-electron chi connectivity index (χ3n) is 5.09. The minimum Gasteiger partial charge on any atom is -0.440 e. The molecule has 2 heterocycles. The highest BCUT2D eigenvalue weighted by Crippen LogP contribution is 2.37. The summed E-state index contributed by atoms with van der Waals surface area (Å²) in [6.45, 7) is 0.415. The quantitative estimate of drug-likeness (QED) is 0.526. The van der Waals surface area contributed by atoms with Crippen molar-refractivity contribution in [3.8, 4) is 10.6 Å². The molecular formula is C21H24N2O3S2. The zero-order chi connectivity index (χ0) is 19.4. The van der Waals surface area contributed by atoms with Gasteiger partial charge in [0.25, 0.3) is 0 Å². The number of thiophene rings is 1. The van der Waals surface area contributed by atoms with Gasteiger partial charge in [-0.3, -0.25) is 0 Å². The first-order valence-corrected chi connectivity index (χ1v) is 12.0. The molecule has 3 aromatic rings. The maximum Gasteiger partial charge on any atom is 0.250 e. The van der Waals surface area contributed by atoms with E-state index in [1.807, 2.05) is 18.2 Å². The Morgan fingerprint density at radius 2 is 1.89 bits per heavy atom. The number of hydrogen-bond acceptors (Lipinski definition) is 5. The molecular weight excluding hydrogens is 392 g/mol. The fourth-order valence-electron chi connectivity index (χ4n) is 3.57. The highest BCUT2D eigenvalue weighted by atomic mass is 32.2. The number of aryl methyl sites for hydroxylation is 1. The molecule has 0 aliphatic heterocycles. The standard InChI is InChI=1S/C21H24N2O3S2/c24-28(25,23-14-6-9-16-7-2-1-3-8-16)20-13-12-19(27-20)18-15-22-21(26-18)17-10-4-5-11-17/h1-3,7-8,12-13,15,17,23H,4-6,9-11,14H2. The second-order valence-electron chi connectivity index (χ2n) is 7.15. The molecule has 4 rings (SSSR count). The molecule has 1 fully saturated rings. The van der Waals surface area contributed by atoms with Gasteiger partial charge in [0.05, 0.1) is 11.1 Å². The normalized spacial score (nSPS) is 15.3. The van der Waals surface area contributed by atoms with Crippen LogP contribution in [-0.4, -0.2) is 19.9 Å². The topological polar surface area (TPSA) is 72.2 Å². The lowest BCUT2D eigenvalue weighted by Crippen LogP contribution is -2.24. The number of sulfonamides is 1. The van der Waals surface area contributed by atoms with E-state index in [9.17, 15) is 8.42 Å². The molecule has 148 valence electrons. The van der Waals surface area contributed by atoms with Crippen LogP contribution in [0.1, 0.15) is 49.5 Å². The summed E-state index contributed by atoms with van der Waals surface area (Å²) in [6, 6.07) is 13.5. The number of oxazole rings is 1. The van der Waals surface area contributed by atoms with Crippen LogP contribution in [-0.2, 0) is 16.4 Å². The van der Waals surface area contributed by atoms with Crippen molar-refractivity contribution in [2.45, 2.75) is 48.7 Å². The van der Waals surface area contributed by atoms with Gasteiger partial charge in [0.1, 0.15) is 4.21 Å².